The second-order valence-corrected chi connectivity index (χ2v) is 6.56. The number of nitrogens with zero attached hydrogens (tertiary/aromatic N) is 2. The summed E-state index contributed by atoms with van der Waals surface area (Å²) in [7, 11) is 1.79. The molecule has 1 atom stereocenters. The molecule has 18 heavy (non-hydrogen) atoms. The van der Waals surface area contributed by atoms with Crippen LogP contribution in [-0.2, 0) is 7.05 Å². The van der Waals surface area contributed by atoms with Crippen molar-refractivity contribution in [2.45, 2.75) is 25.9 Å². The normalized spacial score (nSPS) is 13.3. The predicted octanol–water partition coefficient (Wildman–Crippen LogP) is 4.10. The monoisotopic (exact) mass is 348 g/mol. The van der Waals surface area contributed by atoms with E-state index in [9.17, 15) is 5.11 Å². The van der Waals surface area contributed by atoms with Crippen LogP contribution < -0.4 is 0 Å². The van der Waals surface area contributed by atoms with Crippen molar-refractivity contribution >= 4 is 38.9 Å². The lowest BCUT2D eigenvalue weighted by atomic mass is 10.0. The van der Waals surface area contributed by atoms with Crippen LogP contribution in [0.5, 0.6) is 0 Å². The largest absolute Gasteiger partial charge is 0.383 e. The number of thiophene rings is 1. The van der Waals surface area contributed by atoms with Crippen molar-refractivity contribution in [1.82, 2.24) is 9.78 Å². The highest BCUT2D eigenvalue weighted by molar-refractivity contribution is 9.10. The maximum Gasteiger partial charge on any atom is 0.133 e. The van der Waals surface area contributed by atoms with Gasteiger partial charge >= 0.3 is 0 Å². The maximum absolute atomic E-state index is 10.5. The molecule has 2 rings (SSSR count). The molecule has 0 saturated heterocycles. The van der Waals surface area contributed by atoms with Gasteiger partial charge in [-0.05, 0) is 33.3 Å². The van der Waals surface area contributed by atoms with E-state index in [4.69, 9.17) is 11.6 Å². The minimum atomic E-state index is -0.738. The molecule has 0 aromatic carbocycles. The van der Waals surface area contributed by atoms with Gasteiger partial charge in [0.1, 0.15) is 11.3 Å². The van der Waals surface area contributed by atoms with E-state index in [1.807, 2.05) is 25.3 Å². The Hall–Kier alpha value is -0.360. The first-order valence-corrected chi connectivity index (χ1v) is 7.61. The highest BCUT2D eigenvalue weighted by Gasteiger charge is 2.26. The van der Waals surface area contributed by atoms with E-state index in [1.54, 1.807) is 11.7 Å². The second-order valence-electron chi connectivity index (χ2n) is 4.40. The van der Waals surface area contributed by atoms with Crippen LogP contribution in [0.15, 0.2) is 15.9 Å². The third-order valence-electron chi connectivity index (χ3n) is 2.75. The van der Waals surface area contributed by atoms with E-state index in [-0.39, 0.29) is 5.92 Å². The molecule has 98 valence electrons. The first-order chi connectivity index (χ1) is 8.43. The number of aromatic nitrogens is 2. The summed E-state index contributed by atoms with van der Waals surface area (Å²) in [5.74, 6) is 0.215. The molecule has 0 radical (unpaired) electrons. The Labute approximate surface area is 124 Å². The first kappa shape index (κ1) is 14.1. The topological polar surface area (TPSA) is 38.0 Å². The van der Waals surface area contributed by atoms with Crippen molar-refractivity contribution < 1.29 is 5.11 Å². The lowest BCUT2D eigenvalue weighted by Gasteiger charge is -2.12. The van der Waals surface area contributed by atoms with Crippen molar-refractivity contribution in [2.75, 3.05) is 0 Å². The number of aliphatic hydroxyl groups is 1. The molecule has 6 heteroatoms. The molecule has 2 aromatic rings. The number of hydrogen-bond acceptors (Lipinski definition) is 3. The fraction of sp³-hybridized carbons (Fsp3) is 0.417. The molecule has 3 nitrogen and oxygen atoms in total. The Balaban J connectivity index is 2.54. The summed E-state index contributed by atoms with van der Waals surface area (Å²) in [5, 5.41) is 17.3. The van der Waals surface area contributed by atoms with Crippen molar-refractivity contribution in [3.63, 3.8) is 0 Å². The summed E-state index contributed by atoms with van der Waals surface area (Å²) >= 11 is 11.2. The van der Waals surface area contributed by atoms with Gasteiger partial charge in [-0.3, -0.25) is 4.68 Å². The average molecular weight is 350 g/mol. The molecule has 0 aliphatic rings. The predicted molar refractivity (Wildman–Crippen MR) is 78.4 cm³/mol. The van der Waals surface area contributed by atoms with Crippen molar-refractivity contribution in [2.24, 2.45) is 7.05 Å². The van der Waals surface area contributed by atoms with Crippen LogP contribution in [0.25, 0.3) is 0 Å². The van der Waals surface area contributed by atoms with Crippen molar-refractivity contribution in [1.29, 1.82) is 0 Å². The zero-order valence-corrected chi connectivity index (χ0v) is 13.5. The first-order valence-electron chi connectivity index (χ1n) is 5.56. The molecule has 1 N–H and O–H groups in total. The van der Waals surface area contributed by atoms with Crippen LogP contribution in [0, 0.1) is 0 Å². The second kappa shape index (κ2) is 5.33. The van der Waals surface area contributed by atoms with Gasteiger partial charge in [-0.2, -0.15) is 5.10 Å². The van der Waals surface area contributed by atoms with E-state index >= 15 is 0 Å². The third-order valence-corrected chi connectivity index (χ3v) is 5.12. The number of hydrogen-bond donors (Lipinski definition) is 1. The average Bonchev–Trinajstić information content (AvgIpc) is 2.84. The van der Waals surface area contributed by atoms with Crippen LogP contribution in [-0.4, -0.2) is 14.9 Å². The smallest absolute Gasteiger partial charge is 0.133 e. The summed E-state index contributed by atoms with van der Waals surface area (Å²) in [4.78, 5) is 0.854. The molecule has 2 aromatic heterocycles. The van der Waals surface area contributed by atoms with E-state index in [2.05, 4.69) is 21.0 Å². The van der Waals surface area contributed by atoms with Gasteiger partial charge in [0, 0.05) is 17.1 Å². The number of aryl methyl sites for hydroxylation is 1. The summed E-state index contributed by atoms with van der Waals surface area (Å²) in [6.07, 6.45) is -0.738. The van der Waals surface area contributed by atoms with Crippen LogP contribution in [0.1, 0.15) is 42.0 Å². The van der Waals surface area contributed by atoms with Gasteiger partial charge in [-0.1, -0.05) is 25.4 Å². The van der Waals surface area contributed by atoms with E-state index in [1.165, 1.54) is 11.3 Å². The summed E-state index contributed by atoms with van der Waals surface area (Å²) in [5.41, 5.74) is 1.55. The minimum absolute atomic E-state index is 0.215. The van der Waals surface area contributed by atoms with Gasteiger partial charge in [0.15, 0.2) is 0 Å². The summed E-state index contributed by atoms with van der Waals surface area (Å²) < 4.78 is 2.51. The Morgan fingerprint density at radius 3 is 2.67 bits per heavy atom. The third kappa shape index (κ3) is 2.37. The zero-order valence-electron chi connectivity index (χ0n) is 10.3. The number of rotatable bonds is 3. The fourth-order valence-electron chi connectivity index (χ4n) is 1.85. The van der Waals surface area contributed by atoms with Crippen LogP contribution in [0.2, 0.25) is 5.15 Å². The van der Waals surface area contributed by atoms with Crippen molar-refractivity contribution in [3.8, 4) is 0 Å². The molecular formula is C12H14BrClN2OS. The Morgan fingerprint density at radius 2 is 2.17 bits per heavy atom. The maximum atomic E-state index is 10.5. The molecule has 0 saturated carbocycles. The van der Waals surface area contributed by atoms with E-state index in [0.717, 1.165) is 15.0 Å². The van der Waals surface area contributed by atoms with Gasteiger partial charge in [0.25, 0.3) is 0 Å². The van der Waals surface area contributed by atoms with Gasteiger partial charge in [0.2, 0.25) is 0 Å². The molecule has 0 aliphatic carbocycles. The van der Waals surface area contributed by atoms with Gasteiger partial charge in [-0.25, -0.2) is 0 Å². The van der Waals surface area contributed by atoms with E-state index in [0.29, 0.717) is 10.7 Å². The fourth-order valence-corrected chi connectivity index (χ4v) is 3.67. The zero-order chi connectivity index (χ0) is 13.4. The van der Waals surface area contributed by atoms with Crippen LogP contribution >= 0.6 is 38.9 Å². The van der Waals surface area contributed by atoms with E-state index < -0.39 is 6.10 Å². The van der Waals surface area contributed by atoms with Crippen LogP contribution in [0.3, 0.4) is 0 Å². The quantitative estimate of drug-likeness (QED) is 0.906. The molecule has 0 spiro atoms. The molecule has 0 amide bonds. The van der Waals surface area contributed by atoms with Crippen molar-refractivity contribution in [3.05, 3.63) is 37.2 Å². The van der Waals surface area contributed by atoms with Gasteiger partial charge in [0.05, 0.1) is 10.6 Å². The minimum Gasteiger partial charge on any atom is -0.383 e. The molecule has 0 aliphatic heterocycles. The highest BCUT2D eigenvalue weighted by Crippen LogP contribution is 2.39. The Morgan fingerprint density at radius 1 is 1.50 bits per heavy atom. The molecule has 0 bridgehead atoms. The summed E-state index contributed by atoms with van der Waals surface area (Å²) in [6, 6.07) is 1.92. The highest BCUT2D eigenvalue weighted by atomic mass is 79.9. The molecule has 1 unspecified atom stereocenters. The lowest BCUT2D eigenvalue weighted by molar-refractivity contribution is 0.222. The standard InChI is InChI=1S/C12H14BrClN2OS/c1-6(2)9-8(12(14)16(3)15-9)10(17)11-7(13)4-5-18-11/h4-6,10,17H,1-3H3. The van der Waals surface area contributed by atoms with Crippen LogP contribution in [0.4, 0.5) is 0 Å². The SMILES string of the molecule is CC(C)c1nn(C)c(Cl)c1C(O)c1sccc1Br. The molecule has 0 fully saturated rings. The Bertz CT molecular complexity index is 564. The Kier molecular flexibility index (Phi) is 4.16. The molecular weight excluding hydrogens is 336 g/mol. The number of aliphatic hydroxyl groups excluding tert-OH is 1. The summed E-state index contributed by atoms with van der Waals surface area (Å²) in [6.45, 7) is 4.08. The lowest BCUT2D eigenvalue weighted by Crippen LogP contribution is -2.03. The van der Waals surface area contributed by atoms with Gasteiger partial charge in [-0.15, -0.1) is 11.3 Å². The molecule has 2 heterocycles. The number of halogens is 2. The van der Waals surface area contributed by atoms with Gasteiger partial charge < -0.3 is 5.11 Å².